The first-order valence-corrected chi connectivity index (χ1v) is 6.81. The molecule has 0 aliphatic carbocycles. The molecule has 0 aliphatic rings. The normalized spacial score (nSPS) is 10.8. The molecule has 0 bridgehead atoms. The summed E-state index contributed by atoms with van der Waals surface area (Å²) in [4.78, 5) is 11.3. The third kappa shape index (κ3) is 2.37. The lowest BCUT2D eigenvalue weighted by Gasteiger charge is -2.02. The van der Waals surface area contributed by atoms with Crippen LogP contribution in [0.3, 0.4) is 0 Å². The monoisotopic (exact) mass is 264 g/mol. The van der Waals surface area contributed by atoms with E-state index >= 15 is 0 Å². The van der Waals surface area contributed by atoms with E-state index in [0.29, 0.717) is 6.42 Å². The number of Topliss-reactive ketones (excluding diaryl/α,β-unsaturated/α-hetero) is 1. The molecule has 0 atom stereocenters. The molecule has 1 aromatic heterocycles. The second-order valence-corrected chi connectivity index (χ2v) is 4.97. The predicted octanol–water partition coefficient (Wildman–Crippen LogP) is 4.62. The molecule has 2 heteroatoms. The molecule has 0 amide bonds. The summed E-state index contributed by atoms with van der Waals surface area (Å²) in [5, 5.41) is 1.10. The van der Waals surface area contributed by atoms with E-state index in [1.807, 2.05) is 48.5 Å². The zero-order chi connectivity index (χ0) is 13.9. The summed E-state index contributed by atoms with van der Waals surface area (Å²) in [5.74, 6) is 1.09. The fourth-order valence-electron chi connectivity index (χ4n) is 2.47. The van der Waals surface area contributed by atoms with Crippen LogP contribution in [0.4, 0.5) is 0 Å². The first-order valence-electron chi connectivity index (χ1n) is 6.81. The molecule has 0 N–H and O–H groups in total. The average molecular weight is 264 g/mol. The summed E-state index contributed by atoms with van der Waals surface area (Å²) < 4.78 is 6.01. The van der Waals surface area contributed by atoms with Crippen LogP contribution >= 0.6 is 0 Å². The molecule has 0 saturated carbocycles. The van der Waals surface area contributed by atoms with E-state index in [-0.39, 0.29) is 5.78 Å². The van der Waals surface area contributed by atoms with E-state index in [2.05, 4.69) is 6.07 Å². The number of ketones is 1. The molecule has 20 heavy (non-hydrogen) atoms. The maximum absolute atomic E-state index is 11.3. The summed E-state index contributed by atoms with van der Waals surface area (Å²) >= 11 is 0. The lowest BCUT2D eigenvalue weighted by Crippen LogP contribution is -1.94. The van der Waals surface area contributed by atoms with Gasteiger partial charge in [-0.15, -0.1) is 0 Å². The van der Waals surface area contributed by atoms with Crippen LogP contribution in [0.1, 0.15) is 18.9 Å². The molecular formula is C18H16O2. The Morgan fingerprint density at radius 3 is 2.45 bits per heavy atom. The topological polar surface area (TPSA) is 30.2 Å². The average Bonchev–Trinajstić information content (AvgIpc) is 2.84. The molecule has 0 saturated heterocycles. The minimum atomic E-state index is 0.203. The Balaban J connectivity index is 2.15. The van der Waals surface area contributed by atoms with Gasteiger partial charge in [-0.25, -0.2) is 0 Å². The van der Waals surface area contributed by atoms with Gasteiger partial charge in [0.1, 0.15) is 17.1 Å². The van der Waals surface area contributed by atoms with E-state index in [0.717, 1.165) is 34.3 Å². The number of hydrogen-bond acceptors (Lipinski definition) is 2. The molecule has 1 heterocycles. The third-order valence-corrected chi connectivity index (χ3v) is 3.46. The molecule has 0 fully saturated rings. The fourth-order valence-corrected chi connectivity index (χ4v) is 2.47. The van der Waals surface area contributed by atoms with Gasteiger partial charge < -0.3 is 9.21 Å². The number of aryl methyl sites for hydroxylation is 1. The molecular weight excluding hydrogens is 248 g/mol. The SMILES string of the molecule is CC(=O)CCc1c(-c2ccccc2)oc2ccccc12. The van der Waals surface area contributed by atoms with Crippen molar-refractivity contribution in [3.63, 3.8) is 0 Å². The molecule has 100 valence electrons. The molecule has 2 aromatic carbocycles. The van der Waals surface area contributed by atoms with Crippen molar-refractivity contribution in [3.05, 3.63) is 60.2 Å². The Hall–Kier alpha value is -2.35. The van der Waals surface area contributed by atoms with Gasteiger partial charge >= 0.3 is 0 Å². The van der Waals surface area contributed by atoms with Crippen molar-refractivity contribution in [1.29, 1.82) is 0 Å². The first-order chi connectivity index (χ1) is 9.75. The second-order valence-electron chi connectivity index (χ2n) is 4.97. The van der Waals surface area contributed by atoms with Crippen molar-refractivity contribution < 1.29 is 9.21 Å². The van der Waals surface area contributed by atoms with Gasteiger partial charge in [-0.2, -0.15) is 0 Å². The minimum Gasteiger partial charge on any atom is -0.456 e. The van der Waals surface area contributed by atoms with Gasteiger partial charge in [-0.1, -0.05) is 48.5 Å². The smallest absolute Gasteiger partial charge is 0.138 e. The van der Waals surface area contributed by atoms with Crippen molar-refractivity contribution in [1.82, 2.24) is 0 Å². The number of carbonyl (C=O) groups is 1. The minimum absolute atomic E-state index is 0.203. The number of benzene rings is 2. The Kier molecular flexibility index (Phi) is 3.38. The summed E-state index contributed by atoms with van der Waals surface area (Å²) in [6.45, 7) is 1.63. The first kappa shape index (κ1) is 12.7. The van der Waals surface area contributed by atoms with Gasteiger partial charge in [0, 0.05) is 22.9 Å². The summed E-state index contributed by atoms with van der Waals surface area (Å²) in [6.07, 6.45) is 1.26. The Morgan fingerprint density at radius 2 is 1.70 bits per heavy atom. The largest absolute Gasteiger partial charge is 0.456 e. The molecule has 0 unspecified atom stereocenters. The van der Waals surface area contributed by atoms with Crippen LogP contribution < -0.4 is 0 Å². The Morgan fingerprint density at radius 1 is 1.00 bits per heavy atom. The highest BCUT2D eigenvalue weighted by Crippen LogP contribution is 2.34. The summed E-state index contributed by atoms with van der Waals surface area (Å²) in [6, 6.07) is 18.1. The van der Waals surface area contributed by atoms with Crippen molar-refractivity contribution in [2.75, 3.05) is 0 Å². The maximum Gasteiger partial charge on any atom is 0.138 e. The van der Waals surface area contributed by atoms with Crippen LogP contribution in [0.5, 0.6) is 0 Å². The number of para-hydroxylation sites is 1. The van der Waals surface area contributed by atoms with Gasteiger partial charge in [-0.3, -0.25) is 0 Å². The van der Waals surface area contributed by atoms with Crippen LogP contribution in [0.15, 0.2) is 59.0 Å². The van der Waals surface area contributed by atoms with Crippen molar-refractivity contribution in [2.24, 2.45) is 0 Å². The number of carbonyl (C=O) groups excluding carboxylic acids is 1. The van der Waals surface area contributed by atoms with Gasteiger partial charge in [0.15, 0.2) is 0 Å². The zero-order valence-corrected chi connectivity index (χ0v) is 11.4. The van der Waals surface area contributed by atoms with Gasteiger partial charge in [0.2, 0.25) is 0 Å². The van der Waals surface area contributed by atoms with Crippen LogP contribution in [0.2, 0.25) is 0 Å². The van der Waals surface area contributed by atoms with Gasteiger partial charge in [0.25, 0.3) is 0 Å². The Bertz CT molecular complexity index is 738. The molecule has 0 aliphatic heterocycles. The van der Waals surface area contributed by atoms with Gasteiger partial charge in [-0.05, 0) is 19.4 Å². The highest BCUT2D eigenvalue weighted by molar-refractivity contribution is 5.88. The molecule has 3 rings (SSSR count). The molecule has 0 spiro atoms. The molecule has 0 radical (unpaired) electrons. The van der Waals surface area contributed by atoms with Crippen LogP contribution in [0.25, 0.3) is 22.3 Å². The third-order valence-electron chi connectivity index (χ3n) is 3.46. The lowest BCUT2D eigenvalue weighted by molar-refractivity contribution is -0.116. The number of hydrogen-bond donors (Lipinski definition) is 0. The van der Waals surface area contributed by atoms with E-state index in [1.54, 1.807) is 6.92 Å². The van der Waals surface area contributed by atoms with E-state index < -0.39 is 0 Å². The molecule has 2 nitrogen and oxygen atoms in total. The van der Waals surface area contributed by atoms with Crippen molar-refractivity contribution in [3.8, 4) is 11.3 Å². The van der Waals surface area contributed by atoms with E-state index in [9.17, 15) is 4.79 Å². The standard InChI is InChI=1S/C18H16O2/c1-13(19)11-12-16-15-9-5-6-10-17(15)20-18(16)14-7-3-2-4-8-14/h2-10H,11-12H2,1H3. The van der Waals surface area contributed by atoms with E-state index in [1.165, 1.54) is 0 Å². The predicted molar refractivity (Wildman–Crippen MR) is 80.7 cm³/mol. The van der Waals surface area contributed by atoms with Crippen molar-refractivity contribution >= 4 is 16.8 Å². The quantitative estimate of drug-likeness (QED) is 0.688. The van der Waals surface area contributed by atoms with Crippen LogP contribution in [-0.2, 0) is 11.2 Å². The van der Waals surface area contributed by atoms with E-state index in [4.69, 9.17) is 4.42 Å². The number of furan rings is 1. The zero-order valence-electron chi connectivity index (χ0n) is 11.4. The fraction of sp³-hybridized carbons (Fsp3) is 0.167. The maximum atomic E-state index is 11.3. The van der Waals surface area contributed by atoms with Crippen LogP contribution in [-0.4, -0.2) is 5.78 Å². The molecule has 3 aromatic rings. The summed E-state index contributed by atoms with van der Waals surface area (Å²) in [5.41, 5.74) is 3.06. The number of fused-ring (bicyclic) bond motifs is 1. The highest BCUT2D eigenvalue weighted by Gasteiger charge is 2.15. The summed E-state index contributed by atoms with van der Waals surface area (Å²) in [7, 11) is 0. The van der Waals surface area contributed by atoms with Crippen LogP contribution in [0, 0.1) is 0 Å². The number of rotatable bonds is 4. The van der Waals surface area contributed by atoms with Crippen molar-refractivity contribution in [2.45, 2.75) is 19.8 Å². The van der Waals surface area contributed by atoms with Gasteiger partial charge in [0.05, 0.1) is 0 Å². The lowest BCUT2D eigenvalue weighted by atomic mass is 10.0. The highest BCUT2D eigenvalue weighted by atomic mass is 16.3. The second kappa shape index (κ2) is 5.33. The Labute approximate surface area is 118 Å².